The van der Waals surface area contributed by atoms with Crippen molar-refractivity contribution in [3.8, 4) is 0 Å². The van der Waals surface area contributed by atoms with Crippen molar-refractivity contribution in [1.82, 2.24) is 9.97 Å². The third-order valence-electron chi connectivity index (χ3n) is 6.08. The first-order chi connectivity index (χ1) is 12.3. The zero-order chi connectivity index (χ0) is 16.7. The van der Waals surface area contributed by atoms with Crippen LogP contribution in [-0.4, -0.2) is 36.3 Å². The standard InChI is InChI=1S/C21H23N3O/c1-2-4-18-16(3-1)5-7-21(18)8-10-24(11-9-21)20-13-19(22-15-23-20)17-6-12-25-14-17/h1-5,7,13,15,17H,6,8-12,14H2. The topological polar surface area (TPSA) is 38.2 Å². The summed E-state index contributed by atoms with van der Waals surface area (Å²) in [5.74, 6) is 1.50. The molecule has 25 heavy (non-hydrogen) atoms. The van der Waals surface area contributed by atoms with E-state index in [0.29, 0.717) is 5.92 Å². The van der Waals surface area contributed by atoms with Gasteiger partial charge in [-0.1, -0.05) is 36.4 Å². The first-order valence-corrected chi connectivity index (χ1v) is 9.27. The number of nitrogens with zero attached hydrogens (tertiary/aromatic N) is 3. The average molecular weight is 333 g/mol. The maximum absolute atomic E-state index is 5.51. The fourth-order valence-electron chi connectivity index (χ4n) is 4.53. The molecular formula is C21H23N3O. The number of benzene rings is 1. The van der Waals surface area contributed by atoms with E-state index >= 15 is 0 Å². The van der Waals surface area contributed by atoms with Gasteiger partial charge >= 0.3 is 0 Å². The van der Waals surface area contributed by atoms with E-state index in [1.54, 1.807) is 6.33 Å². The number of ether oxygens (including phenoxy) is 1. The Balaban J connectivity index is 1.34. The van der Waals surface area contributed by atoms with Crippen molar-refractivity contribution >= 4 is 11.9 Å². The molecule has 2 fully saturated rings. The molecule has 0 amide bonds. The minimum Gasteiger partial charge on any atom is -0.381 e. The molecule has 1 aromatic carbocycles. The van der Waals surface area contributed by atoms with Crippen molar-refractivity contribution in [2.24, 2.45) is 0 Å². The van der Waals surface area contributed by atoms with Gasteiger partial charge in [-0.25, -0.2) is 9.97 Å². The van der Waals surface area contributed by atoms with Crippen LogP contribution < -0.4 is 4.90 Å². The van der Waals surface area contributed by atoms with Crippen LogP contribution >= 0.6 is 0 Å². The molecule has 1 aromatic heterocycles. The molecule has 0 N–H and O–H groups in total. The van der Waals surface area contributed by atoms with E-state index in [-0.39, 0.29) is 5.41 Å². The second-order valence-corrected chi connectivity index (χ2v) is 7.43. The normalized spacial score (nSPS) is 24.0. The maximum atomic E-state index is 5.51. The van der Waals surface area contributed by atoms with Crippen molar-refractivity contribution in [3.05, 3.63) is 59.6 Å². The average Bonchev–Trinajstić information content (AvgIpc) is 3.33. The molecule has 4 nitrogen and oxygen atoms in total. The van der Waals surface area contributed by atoms with Gasteiger partial charge < -0.3 is 9.64 Å². The molecule has 1 aliphatic carbocycles. The lowest BCUT2D eigenvalue weighted by molar-refractivity contribution is 0.193. The van der Waals surface area contributed by atoms with Crippen LogP contribution in [0, 0.1) is 0 Å². The first-order valence-electron chi connectivity index (χ1n) is 9.27. The van der Waals surface area contributed by atoms with E-state index in [0.717, 1.165) is 57.1 Å². The number of fused-ring (bicyclic) bond motifs is 2. The Kier molecular flexibility index (Phi) is 3.59. The molecule has 128 valence electrons. The minimum absolute atomic E-state index is 0.224. The maximum Gasteiger partial charge on any atom is 0.132 e. The zero-order valence-electron chi connectivity index (χ0n) is 14.4. The molecule has 3 heterocycles. The summed E-state index contributed by atoms with van der Waals surface area (Å²) in [6, 6.07) is 11.0. The molecule has 1 unspecified atom stereocenters. The third kappa shape index (κ3) is 2.56. The Morgan fingerprint density at radius 3 is 2.84 bits per heavy atom. The predicted octanol–water partition coefficient (Wildman–Crippen LogP) is 3.55. The lowest BCUT2D eigenvalue weighted by Gasteiger charge is -2.39. The zero-order valence-corrected chi connectivity index (χ0v) is 14.4. The van der Waals surface area contributed by atoms with Gasteiger partial charge in [0.1, 0.15) is 12.1 Å². The van der Waals surface area contributed by atoms with Crippen molar-refractivity contribution in [2.75, 3.05) is 31.2 Å². The molecule has 2 aliphatic heterocycles. The molecule has 4 heteroatoms. The highest BCUT2D eigenvalue weighted by Crippen LogP contribution is 2.44. The van der Waals surface area contributed by atoms with E-state index in [4.69, 9.17) is 4.74 Å². The lowest BCUT2D eigenvalue weighted by atomic mass is 9.74. The quantitative estimate of drug-likeness (QED) is 0.842. The van der Waals surface area contributed by atoms with E-state index < -0.39 is 0 Å². The third-order valence-corrected chi connectivity index (χ3v) is 6.08. The van der Waals surface area contributed by atoms with E-state index in [1.807, 2.05) is 0 Å². The lowest BCUT2D eigenvalue weighted by Crippen LogP contribution is -2.41. The molecule has 0 saturated carbocycles. The minimum atomic E-state index is 0.224. The van der Waals surface area contributed by atoms with Crippen LogP contribution in [0.25, 0.3) is 6.08 Å². The molecule has 0 bridgehead atoms. The Bertz CT molecular complexity index is 802. The second-order valence-electron chi connectivity index (χ2n) is 7.43. The van der Waals surface area contributed by atoms with Crippen LogP contribution in [-0.2, 0) is 10.2 Å². The van der Waals surface area contributed by atoms with Crippen molar-refractivity contribution in [2.45, 2.75) is 30.6 Å². The van der Waals surface area contributed by atoms with E-state index in [9.17, 15) is 0 Å². The van der Waals surface area contributed by atoms with Gasteiger partial charge in [-0.3, -0.25) is 0 Å². The second kappa shape index (κ2) is 5.95. The van der Waals surface area contributed by atoms with Gasteiger partial charge in [0, 0.05) is 37.1 Å². The van der Waals surface area contributed by atoms with Crippen molar-refractivity contribution in [1.29, 1.82) is 0 Å². The van der Waals surface area contributed by atoms with Crippen LogP contribution in [0.15, 0.2) is 42.7 Å². The van der Waals surface area contributed by atoms with Crippen molar-refractivity contribution in [3.63, 3.8) is 0 Å². The largest absolute Gasteiger partial charge is 0.381 e. The molecule has 1 spiro atoms. The fraction of sp³-hybridized carbons (Fsp3) is 0.429. The highest BCUT2D eigenvalue weighted by atomic mass is 16.5. The molecule has 1 atom stereocenters. The van der Waals surface area contributed by atoms with Crippen LogP contribution in [0.1, 0.15) is 42.0 Å². The Morgan fingerprint density at radius 1 is 1.12 bits per heavy atom. The van der Waals surface area contributed by atoms with Gasteiger partial charge in [0.25, 0.3) is 0 Å². The first kappa shape index (κ1) is 15.1. The monoisotopic (exact) mass is 333 g/mol. The summed E-state index contributed by atoms with van der Waals surface area (Å²) in [4.78, 5) is 11.5. The van der Waals surface area contributed by atoms with Gasteiger partial charge in [-0.15, -0.1) is 0 Å². The SMILES string of the molecule is C1=CC2(CCN(c3cc(C4CCOC4)ncn3)CC2)c2ccccc21. The number of aromatic nitrogens is 2. The Morgan fingerprint density at radius 2 is 2.00 bits per heavy atom. The molecule has 5 rings (SSSR count). The number of hydrogen-bond donors (Lipinski definition) is 0. The highest BCUT2D eigenvalue weighted by Gasteiger charge is 2.38. The summed E-state index contributed by atoms with van der Waals surface area (Å²) in [5.41, 5.74) is 4.25. The predicted molar refractivity (Wildman–Crippen MR) is 98.8 cm³/mol. The fourth-order valence-corrected chi connectivity index (χ4v) is 4.53. The summed E-state index contributed by atoms with van der Waals surface area (Å²) >= 11 is 0. The number of anilines is 1. The van der Waals surface area contributed by atoms with Gasteiger partial charge in [0.2, 0.25) is 0 Å². The molecule has 3 aliphatic rings. The molecular weight excluding hydrogens is 310 g/mol. The smallest absolute Gasteiger partial charge is 0.132 e. The summed E-state index contributed by atoms with van der Waals surface area (Å²) in [7, 11) is 0. The van der Waals surface area contributed by atoms with Crippen LogP contribution in [0.5, 0.6) is 0 Å². The number of piperidine rings is 1. The van der Waals surface area contributed by atoms with E-state index in [2.05, 4.69) is 57.4 Å². The summed E-state index contributed by atoms with van der Waals surface area (Å²) in [6.45, 7) is 3.72. The van der Waals surface area contributed by atoms with Crippen LogP contribution in [0.3, 0.4) is 0 Å². The van der Waals surface area contributed by atoms with Crippen LogP contribution in [0.2, 0.25) is 0 Å². The summed E-state index contributed by atoms with van der Waals surface area (Å²) in [5, 5.41) is 0. The Hall–Kier alpha value is -2.20. The molecule has 0 radical (unpaired) electrons. The molecule has 2 aromatic rings. The Labute approximate surface area is 148 Å². The van der Waals surface area contributed by atoms with E-state index in [1.165, 1.54) is 11.1 Å². The van der Waals surface area contributed by atoms with Gasteiger partial charge in [-0.05, 0) is 30.4 Å². The number of hydrogen-bond acceptors (Lipinski definition) is 4. The summed E-state index contributed by atoms with van der Waals surface area (Å²) < 4.78 is 5.51. The molecule has 2 saturated heterocycles. The van der Waals surface area contributed by atoms with Crippen molar-refractivity contribution < 1.29 is 4.74 Å². The summed E-state index contributed by atoms with van der Waals surface area (Å²) in [6.07, 6.45) is 9.81. The van der Waals surface area contributed by atoms with Gasteiger partial charge in [0.05, 0.1) is 12.3 Å². The highest BCUT2D eigenvalue weighted by molar-refractivity contribution is 5.65. The number of rotatable bonds is 2. The van der Waals surface area contributed by atoms with Gasteiger partial charge in [-0.2, -0.15) is 0 Å². The van der Waals surface area contributed by atoms with Crippen LogP contribution in [0.4, 0.5) is 5.82 Å². The van der Waals surface area contributed by atoms with Gasteiger partial charge in [0.15, 0.2) is 0 Å². The number of allylic oxidation sites excluding steroid dienone is 1.